The van der Waals surface area contributed by atoms with E-state index < -0.39 is 0 Å². The topological polar surface area (TPSA) is 39.3 Å². The van der Waals surface area contributed by atoms with Gasteiger partial charge in [-0.15, -0.1) is 0 Å². The largest absolute Gasteiger partial charge is 0.342 e. The van der Waals surface area contributed by atoms with Gasteiger partial charge in [0, 0.05) is 39.8 Å². The zero-order valence-corrected chi connectivity index (χ0v) is 24.3. The van der Waals surface area contributed by atoms with E-state index in [1.165, 1.54) is 33.6 Å². The number of hydrogen-bond acceptors (Lipinski definition) is 3. The number of fused-ring (bicyclic) bond motifs is 4. The standard InChI is InChI=1S/C36H26ClN3OS/c37-27-17-14-23(15-18-27)21-39-22-26(28-11-6-7-13-31(28)39)20-32-35(41)40-34(25-9-2-1-3-10-25)30-19-16-24-8-4-5-12-29(24)33(30)38-36(40)42-32/h1-15,17-18,20,22,34H,16,19,21H2. The lowest BCUT2D eigenvalue weighted by atomic mass is 9.83. The molecule has 2 aromatic heterocycles. The van der Waals surface area contributed by atoms with Crippen molar-refractivity contribution in [1.82, 2.24) is 9.13 Å². The first-order valence-electron chi connectivity index (χ1n) is 14.1. The maximum Gasteiger partial charge on any atom is 0.271 e. The summed E-state index contributed by atoms with van der Waals surface area (Å²) in [6.45, 7) is 0.715. The number of rotatable bonds is 4. The lowest BCUT2D eigenvalue weighted by molar-refractivity contribution is 0.585. The summed E-state index contributed by atoms with van der Waals surface area (Å²) in [6.07, 6.45) is 6.03. The lowest BCUT2D eigenvalue weighted by Crippen LogP contribution is -2.38. The molecule has 4 nitrogen and oxygen atoms in total. The summed E-state index contributed by atoms with van der Waals surface area (Å²) in [5.74, 6) is 0. The van der Waals surface area contributed by atoms with Crippen LogP contribution >= 0.6 is 22.9 Å². The first-order chi connectivity index (χ1) is 20.6. The highest BCUT2D eigenvalue weighted by molar-refractivity contribution is 7.07. The Balaban J connectivity index is 1.31. The van der Waals surface area contributed by atoms with E-state index in [1.807, 2.05) is 28.8 Å². The van der Waals surface area contributed by atoms with Gasteiger partial charge in [0.25, 0.3) is 5.56 Å². The third kappa shape index (κ3) is 4.20. The molecular weight excluding hydrogens is 558 g/mol. The number of thiazole rings is 1. The van der Waals surface area contributed by atoms with E-state index in [9.17, 15) is 4.79 Å². The summed E-state index contributed by atoms with van der Waals surface area (Å²) in [6, 6.07) is 35.1. The maximum atomic E-state index is 14.2. The van der Waals surface area contributed by atoms with Gasteiger partial charge in [-0.05, 0) is 59.4 Å². The van der Waals surface area contributed by atoms with E-state index in [-0.39, 0.29) is 11.6 Å². The summed E-state index contributed by atoms with van der Waals surface area (Å²) >= 11 is 7.60. The van der Waals surface area contributed by atoms with E-state index in [4.69, 9.17) is 16.6 Å². The Kier molecular flexibility index (Phi) is 6.09. The average Bonchev–Trinajstić information content (AvgIpc) is 3.53. The van der Waals surface area contributed by atoms with Crippen LogP contribution in [0.4, 0.5) is 0 Å². The van der Waals surface area contributed by atoms with Gasteiger partial charge in [0.2, 0.25) is 0 Å². The second-order valence-corrected chi connectivity index (χ2v) is 12.3. The summed E-state index contributed by atoms with van der Waals surface area (Å²) in [5.41, 5.74) is 9.19. The Labute approximate surface area is 251 Å². The number of nitrogens with zero attached hydrogens (tertiary/aromatic N) is 3. The van der Waals surface area contributed by atoms with Crippen LogP contribution in [0.15, 0.2) is 125 Å². The molecule has 0 radical (unpaired) electrons. The van der Waals surface area contributed by atoms with Crippen molar-refractivity contribution in [2.24, 2.45) is 4.99 Å². The smallest absolute Gasteiger partial charge is 0.271 e. The van der Waals surface area contributed by atoms with Crippen LogP contribution in [-0.2, 0) is 13.0 Å². The zero-order valence-electron chi connectivity index (χ0n) is 22.7. The third-order valence-corrected chi connectivity index (χ3v) is 9.60. The van der Waals surface area contributed by atoms with E-state index in [2.05, 4.69) is 95.7 Å². The quantitative estimate of drug-likeness (QED) is 0.221. The van der Waals surface area contributed by atoms with E-state index in [1.54, 1.807) is 0 Å². The van der Waals surface area contributed by atoms with Crippen LogP contribution in [0.3, 0.4) is 0 Å². The highest BCUT2D eigenvalue weighted by Gasteiger charge is 2.32. The number of para-hydroxylation sites is 1. The van der Waals surface area contributed by atoms with Crippen molar-refractivity contribution in [3.8, 4) is 0 Å². The predicted molar refractivity (Wildman–Crippen MR) is 172 cm³/mol. The van der Waals surface area contributed by atoms with Crippen molar-refractivity contribution in [2.45, 2.75) is 25.4 Å². The van der Waals surface area contributed by atoms with Gasteiger partial charge in [-0.2, -0.15) is 0 Å². The van der Waals surface area contributed by atoms with Gasteiger partial charge in [-0.25, -0.2) is 4.99 Å². The second kappa shape index (κ2) is 10.1. The molecular formula is C36H26ClN3OS. The Morgan fingerprint density at radius 3 is 2.50 bits per heavy atom. The molecule has 2 aliphatic rings. The first-order valence-corrected chi connectivity index (χ1v) is 15.3. The second-order valence-electron chi connectivity index (χ2n) is 10.9. The molecule has 0 N–H and O–H groups in total. The van der Waals surface area contributed by atoms with E-state index in [0.717, 1.165) is 50.4 Å². The molecule has 204 valence electrons. The van der Waals surface area contributed by atoms with E-state index >= 15 is 0 Å². The Hall–Kier alpha value is -4.45. The predicted octanol–water partition coefficient (Wildman–Crippen LogP) is 6.98. The van der Waals surface area contributed by atoms with Crippen LogP contribution in [0, 0.1) is 0 Å². The molecule has 0 bridgehead atoms. The fraction of sp³-hybridized carbons (Fsp3) is 0.111. The van der Waals surface area contributed by atoms with Gasteiger partial charge < -0.3 is 4.57 Å². The fourth-order valence-corrected chi connectivity index (χ4v) is 7.52. The minimum absolute atomic E-state index is 0.00699. The molecule has 0 fully saturated rings. The Morgan fingerprint density at radius 1 is 0.881 bits per heavy atom. The fourth-order valence-electron chi connectivity index (χ4n) is 6.41. The van der Waals surface area contributed by atoms with Crippen molar-refractivity contribution < 1.29 is 0 Å². The normalized spacial score (nSPS) is 16.2. The molecule has 1 unspecified atom stereocenters. The summed E-state index contributed by atoms with van der Waals surface area (Å²) in [4.78, 5) is 20.1. The Bertz CT molecular complexity index is 2200. The molecule has 3 heterocycles. The van der Waals surface area contributed by atoms with Gasteiger partial charge in [0.1, 0.15) is 0 Å². The monoisotopic (exact) mass is 583 g/mol. The molecule has 0 amide bonds. The zero-order chi connectivity index (χ0) is 28.2. The first kappa shape index (κ1) is 25.3. The molecule has 6 aromatic rings. The molecule has 4 aromatic carbocycles. The van der Waals surface area contributed by atoms with Crippen LogP contribution in [-0.4, -0.2) is 9.13 Å². The molecule has 42 heavy (non-hydrogen) atoms. The van der Waals surface area contributed by atoms with Crippen molar-refractivity contribution in [2.75, 3.05) is 0 Å². The van der Waals surface area contributed by atoms with Gasteiger partial charge in [-0.3, -0.25) is 9.36 Å². The van der Waals surface area contributed by atoms with Crippen LogP contribution in [0.1, 0.15) is 40.3 Å². The highest BCUT2D eigenvalue weighted by atomic mass is 35.5. The number of aromatic nitrogens is 2. The maximum absolute atomic E-state index is 14.2. The lowest BCUT2D eigenvalue weighted by Gasteiger charge is -2.30. The van der Waals surface area contributed by atoms with Crippen LogP contribution in [0.2, 0.25) is 5.02 Å². The van der Waals surface area contributed by atoms with Gasteiger partial charge in [-0.1, -0.05) is 108 Å². The number of aryl methyl sites for hydroxylation is 1. The van der Waals surface area contributed by atoms with Crippen LogP contribution in [0.5, 0.6) is 0 Å². The van der Waals surface area contributed by atoms with Crippen molar-refractivity contribution in [1.29, 1.82) is 0 Å². The number of halogens is 1. The van der Waals surface area contributed by atoms with Crippen molar-refractivity contribution in [3.05, 3.63) is 167 Å². The van der Waals surface area contributed by atoms with Crippen molar-refractivity contribution >= 4 is 45.6 Å². The molecule has 0 saturated carbocycles. The molecule has 8 rings (SSSR count). The number of benzene rings is 4. The summed E-state index contributed by atoms with van der Waals surface area (Å²) in [5, 5.41) is 1.84. The van der Waals surface area contributed by atoms with Crippen LogP contribution < -0.4 is 14.9 Å². The number of allylic oxidation sites excluding steroid dienone is 1. The van der Waals surface area contributed by atoms with Gasteiger partial charge in [0.05, 0.1) is 16.3 Å². The SMILES string of the molecule is O=c1c(=Cc2cn(Cc3ccc(Cl)cc3)c3ccccc23)sc2n1C(c1ccccc1)C1=C(N=2)c2ccccc2CC1. The Morgan fingerprint density at radius 2 is 1.64 bits per heavy atom. The minimum atomic E-state index is -0.167. The van der Waals surface area contributed by atoms with Crippen molar-refractivity contribution in [3.63, 3.8) is 0 Å². The van der Waals surface area contributed by atoms with E-state index in [0.29, 0.717) is 11.1 Å². The van der Waals surface area contributed by atoms with Gasteiger partial charge >= 0.3 is 0 Å². The number of hydrogen-bond donors (Lipinski definition) is 0. The minimum Gasteiger partial charge on any atom is -0.342 e. The summed E-state index contributed by atoms with van der Waals surface area (Å²) in [7, 11) is 0. The highest BCUT2D eigenvalue weighted by Crippen LogP contribution is 2.41. The third-order valence-electron chi connectivity index (χ3n) is 8.36. The molecule has 6 heteroatoms. The molecule has 1 atom stereocenters. The molecule has 0 spiro atoms. The summed E-state index contributed by atoms with van der Waals surface area (Å²) < 4.78 is 4.85. The molecule has 0 saturated heterocycles. The van der Waals surface area contributed by atoms with Crippen LogP contribution in [0.25, 0.3) is 22.7 Å². The average molecular weight is 584 g/mol. The van der Waals surface area contributed by atoms with Gasteiger partial charge in [0.15, 0.2) is 4.80 Å². The molecule has 1 aliphatic heterocycles. The molecule has 1 aliphatic carbocycles.